The molecule has 0 radical (unpaired) electrons. The number of ether oxygens (including phenoxy) is 4. The summed E-state index contributed by atoms with van der Waals surface area (Å²) in [6.07, 6.45) is 0. The summed E-state index contributed by atoms with van der Waals surface area (Å²) in [5.74, 6) is 2.11. The minimum Gasteiger partial charge on any atom is -0.494 e. The van der Waals surface area contributed by atoms with E-state index in [9.17, 15) is 4.79 Å². The monoisotopic (exact) mass is 492 g/mol. The van der Waals surface area contributed by atoms with Crippen molar-refractivity contribution in [3.63, 3.8) is 0 Å². The van der Waals surface area contributed by atoms with Gasteiger partial charge < -0.3 is 34.1 Å². The van der Waals surface area contributed by atoms with Crippen molar-refractivity contribution >= 4 is 50.0 Å². The number of anilines is 2. The van der Waals surface area contributed by atoms with Gasteiger partial charge in [0.05, 0.1) is 43.8 Å². The van der Waals surface area contributed by atoms with Gasteiger partial charge in [-0.25, -0.2) is 9.78 Å². The van der Waals surface area contributed by atoms with E-state index in [0.717, 1.165) is 15.3 Å². The smallest absolute Gasteiger partial charge is 0.321 e. The summed E-state index contributed by atoms with van der Waals surface area (Å²) in [5, 5.41) is 4.43. The van der Waals surface area contributed by atoms with E-state index >= 15 is 0 Å². The standard InChI is InChI=1S/C22H25ClN4O5S/c1-29-15-6-5-14(23)20-18(15)25-22(33-20)27-9-7-26(8-10-27)21(28)24-13-11-16(30-2)19(32-4)17(12-13)31-3/h5-6,11-12H,7-10H2,1-4H3,(H,24,28). The van der Waals surface area contributed by atoms with Crippen LogP contribution in [-0.4, -0.2) is 70.5 Å². The summed E-state index contributed by atoms with van der Waals surface area (Å²) in [5.41, 5.74) is 1.32. The van der Waals surface area contributed by atoms with Crippen LogP contribution in [0.2, 0.25) is 5.02 Å². The number of hydrogen-bond donors (Lipinski definition) is 1. The van der Waals surface area contributed by atoms with Gasteiger partial charge in [-0.15, -0.1) is 0 Å². The molecule has 11 heteroatoms. The maximum atomic E-state index is 12.9. The molecule has 176 valence electrons. The van der Waals surface area contributed by atoms with Gasteiger partial charge in [-0.3, -0.25) is 0 Å². The van der Waals surface area contributed by atoms with Crippen molar-refractivity contribution in [3.05, 3.63) is 29.3 Å². The first-order chi connectivity index (χ1) is 16.0. The number of methoxy groups -OCH3 is 4. The molecule has 1 aliphatic rings. The second-order valence-electron chi connectivity index (χ2n) is 7.24. The molecule has 1 N–H and O–H groups in total. The van der Waals surface area contributed by atoms with Crippen LogP contribution < -0.4 is 29.2 Å². The number of nitrogens with zero attached hydrogens (tertiary/aromatic N) is 3. The van der Waals surface area contributed by atoms with E-state index in [1.165, 1.54) is 32.7 Å². The van der Waals surface area contributed by atoms with E-state index in [1.807, 2.05) is 12.1 Å². The summed E-state index contributed by atoms with van der Waals surface area (Å²) < 4.78 is 22.4. The third kappa shape index (κ3) is 4.53. The molecule has 4 rings (SSSR count). The molecule has 33 heavy (non-hydrogen) atoms. The molecule has 9 nitrogen and oxygen atoms in total. The minimum atomic E-state index is -0.196. The van der Waals surface area contributed by atoms with Gasteiger partial charge in [0.2, 0.25) is 5.75 Å². The number of hydrogen-bond acceptors (Lipinski definition) is 8. The third-order valence-electron chi connectivity index (χ3n) is 5.42. The third-order valence-corrected chi connectivity index (χ3v) is 7.00. The number of amides is 2. The predicted octanol–water partition coefficient (Wildman–Crippen LogP) is 4.34. The van der Waals surface area contributed by atoms with Gasteiger partial charge in [0, 0.05) is 38.3 Å². The number of urea groups is 1. The van der Waals surface area contributed by atoms with Crippen molar-refractivity contribution < 1.29 is 23.7 Å². The zero-order valence-electron chi connectivity index (χ0n) is 18.8. The molecule has 1 saturated heterocycles. The lowest BCUT2D eigenvalue weighted by Gasteiger charge is -2.34. The molecule has 0 spiro atoms. The lowest BCUT2D eigenvalue weighted by molar-refractivity contribution is 0.208. The van der Waals surface area contributed by atoms with Crippen LogP contribution in [0.15, 0.2) is 24.3 Å². The summed E-state index contributed by atoms with van der Waals surface area (Å²) in [7, 11) is 6.22. The van der Waals surface area contributed by atoms with E-state index in [-0.39, 0.29) is 6.03 Å². The largest absolute Gasteiger partial charge is 0.494 e. The van der Waals surface area contributed by atoms with Crippen LogP contribution in [-0.2, 0) is 0 Å². The molecule has 2 heterocycles. The Morgan fingerprint density at radius 1 is 0.970 bits per heavy atom. The highest BCUT2D eigenvalue weighted by molar-refractivity contribution is 7.22. The minimum absolute atomic E-state index is 0.196. The molecule has 2 amide bonds. The van der Waals surface area contributed by atoms with Crippen LogP contribution in [0.5, 0.6) is 23.0 Å². The van der Waals surface area contributed by atoms with Crippen molar-refractivity contribution in [3.8, 4) is 23.0 Å². The molecule has 1 aromatic heterocycles. The number of halogens is 1. The van der Waals surface area contributed by atoms with Crippen LogP contribution in [0.25, 0.3) is 10.2 Å². The Bertz CT molecular complexity index is 1140. The number of thiazole rings is 1. The molecule has 0 atom stereocenters. The average Bonchev–Trinajstić information content (AvgIpc) is 3.30. The SMILES string of the molecule is COc1cc(NC(=O)N2CCN(c3nc4c(OC)ccc(Cl)c4s3)CC2)cc(OC)c1OC. The van der Waals surface area contributed by atoms with Gasteiger partial charge >= 0.3 is 6.03 Å². The second kappa shape index (κ2) is 9.80. The molecule has 0 unspecified atom stereocenters. The molecule has 1 fully saturated rings. The average molecular weight is 493 g/mol. The van der Waals surface area contributed by atoms with Gasteiger partial charge in [-0.05, 0) is 12.1 Å². The van der Waals surface area contributed by atoms with Crippen LogP contribution in [0.3, 0.4) is 0 Å². The van der Waals surface area contributed by atoms with Crippen LogP contribution in [0, 0.1) is 0 Å². The molecule has 3 aromatic rings. The van der Waals surface area contributed by atoms with Crippen molar-refractivity contribution in [1.82, 2.24) is 9.88 Å². The fourth-order valence-electron chi connectivity index (χ4n) is 3.70. The Morgan fingerprint density at radius 3 is 2.18 bits per heavy atom. The first kappa shape index (κ1) is 23.1. The van der Waals surface area contributed by atoms with Crippen LogP contribution in [0.4, 0.5) is 15.6 Å². The normalized spacial score (nSPS) is 13.7. The second-order valence-corrected chi connectivity index (χ2v) is 8.63. The molecular weight excluding hydrogens is 468 g/mol. The Labute approximate surface area is 200 Å². The number of piperazine rings is 1. The number of carbonyl (C=O) groups is 1. The Balaban J connectivity index is 1.44. The molecule has 0 saturated carbocycles. The predicted molar refractivity (Wildman–Crippen MR) is 130 cm³/mol. The molecule has 2 aromatic carbocycles. The summed E-state index contributed by atoms with van der Waals surface area (Å²) >= 11 is 7.88. The number of carbonyl (C=O) groups excluding carboxylic acids is 1. The first-order valence-electron chi connectivity index (χ1n) is 10.2. The fourth-order valence-corrected chi connectivity index (χ4v) is 5.01. The molecule has 0 bridgehead atoms. The zero-order valence-corrected chi connectivity index (χ0v) is 20.4. The van der Waals surface area contributed by atoms with Gasteiger partial charge in [0.1, 0.15) is 11.3 Å². The van der Waals surface area contributed by atoms with E-state index in [0.29, 0.717) is 59.9 Å². The number of nitrogens with one attached hydrogen (secondary N) is 1. The van der Waals surface area contributed by atoms with Gasteiger partial charge in [0.25, 0.3) is 0 Å². The highest BCUT2D eigenvalue weighted by Crippen LogP contribution is 2.40. The number of rotatable bonds is 6. The van der Waals surface area contributed by atoms with Gasteiger partial charge in [-0.2, -0.15) is 0 Å². The quantitative estimate of drug-likeness (QED) is 0.548. The lowest BCUT2D eigenvalue weighted by atomic mass is 10.2. The summed E-state index contributed by atoms with van der Waals surface area (Å²) in [6.45, 7) is 2.42. The molecule has 0 aliphatic carbocycles. The highest BCUT2D eigenvalue weighted by Gasteiger charge is 2.25. The van der Waals surface area contributed by atoms with E-state index in [2.05, 4.69) is 10.2 Å². The zero-order chi connectivity index (χ0) is 23.5. The van der Waals surface area contributed by atoms with Crippen molar-refractivity contribution in [2.45, 2.75) is 0 Å². The van der Waals surface area contributed by atoms with Gasteiger partial charge in [0.15, 0.2) is 16.6 Å². The molecule has 1 aliphatic heterocycles. The fraction of sp³-hybridized carbons (Fsp3) is 0.364. The number of benzene rings is 2. The Hall–Kier alpha value is -3.11. The van der Waals surface area contributed by atoms with Crippen molar-refractivity contribution in [2.24, 2.45) is 0 Å². The first-order valence-corrected chi connectivity index (χ1v) is 11.4. The maximum Gasteiger partial charge on any atom is 0.321 e. The van der Waals surface area contributed by atoms with Crippen LogP contribution >= 0.6 is 22.9 Å². The van der Waals surface area contributed by atoms with Crippen LogP contribution in [0.1, 0.15) is 0 Å². The van der Waals surface area contributed by atoms with E-state index in [4.69, 9.17) is 35.5 Å². The maximum absolute atomic E-state index is 12.9. The Morgan fingerprint density at radius 2 is 1.61 bits per heavy atom. The highest BCUT2D eigenvalue weighted by atomic mass is 35.5. The Kier molecular flexibility index (Phi) is 6.85. The number of aromatic nitrogens is 1. The van der Waals surface area contributed by atoms with E-state index < -0.39 is 0 Å². The summed E-state index contributed by atoms with van der Waals surface area (Å²) in [6, 6.07) is 6.84. The lowest BCUT2D eigenvalue weighted by Crippen LogP contribution is -2.50. The summed E-state index contributed by atoms with van der Waals surface area (Å²) in [4.78, 5) is 21.5. The topological polar surface area (TPSA) is 85.4 Å². The number of fused-ring (bicyclic) bond motifs is 1. The van der Waals surface area contributed by atoms with E-state index in [1.54, 1.807) is 24.1 Å². The van der Waals surface area contributed by atoms with Gasteiger partial charge in [-0.1, -0.05) is 22.9 Å². The van der Waals surface area contributed by atoms with Crippen molar-refractivity contribution in [2.75, 3.05) is 64.8 Å². The van der Waals surface area contributed by atoms with Crippen molar-refractivity contribution in [1.29, 1.82) is 0 Å². The molecular formula is C22H25ClN4O5S.